The first-order valence-electron chi connectivity index (χ1n) is 6.43. The number of sulfone groups is 1. The molecule has 0 heterocycles. The van der Waals surface area contributed by atoms with E-state index in [1.807, 2.05) is 18.2 Å². The quantitative estimate of drug-likeness (QED) is 0.820. The molecule has 6 heteroatoms. The second-order valence-electron chi connectivity index (χ2n) is 4.53. The molecule has 112 valence electrons. The molecule has 0 aliphatic carbocycles. The van der Waals surface area contributed by atoms with Crippen molar-refractivity contribution in [2.24, 2.45) is 0 Å². The number of hydrogen-bond donors (Lipinski definition) is 1. The van der Waals surface area contributed by atoms with E-state index in [1.54, 1.807) is 31.2 Å². The van der Waals surface area contributed by atoms with Crippen LogP contribution in [0.3, 0.4) is 0 Å². The largest absolute Gasteiger partial charge is 0.381 e. The van der Waals surface area contributed by atoms with Crippen LogP contribution in [0.25, 0.3) is 0 Å². The Morgan fingerprint density at radius 1 is 1.14 bits per heavy atom. The third kappa shape index (κ3) is 4.22. The summed E-state index contributed by atoms with van der Waals surface area (Å²) < 4.78 is 24.3. The molecule has 2 aromatic carbocycles. The van der Waals surface area contributed by atoms with Gasteiger partial charge in [0.1, 0.15) is 0 Å². The molecule has 2 aromatic rings. The van der Waals surface area contributed by atoms with E-state index in [-0.39, 0.29) is 5.75 Å². The molecule has 1 N–H and O–H groups in total. The van der Waals surface area contributed by atoms with Crippen molar-refractivity contribution in [2.45, 2.75) is 18.4 Å². The van der Waals surface area contributed by atoms with Gasteiger partial charge in [0.2, 0.25) is 0 Å². The monoisotopic (exact) mass is 387 g/mol. The lowest BCUT2D eigenvalue weighted by Gasteiger charge is -2.08. The predicted molar refractivity (Wildman–Crippen MR) is 90.6 cm³/mol. The minimum atomic E-state index is -3.14. The Bertz CT molecular complexity index is 730. The molecule has 0 saturated carbocycles. The van der Waals surface area contributed by atoms with E-state index in [0.717, 1.165) is 15.7 Å². The van der Waals surface area contributed by atoms with E-state index in [0.29, 0.717) is 16.5 Å². The lowest BCUT2D eigenvalue weighted by molar-refractivity contribution is 0.597. The number of halogens is 2. The summed E-state index contributed by atoms with van der Waals surface area (Å²) in [7, 11) is -3.14. The van der Waals surface area contributed by atoms with Gasteiger partial charge in [-0.3, -0.25) is 0 Å². The summed E-state index contributed by atoms with van der Waals surface area (Å²) >= 11 is 9.33. The Hall–Kier alpha value is -1.04. The van der Waals surface area contributed by atoms with Crippen molar-refractivity contribution in [2.75, 3.05) is 11.1 Å². The van der Waals surface area contributed by atoms with Gasteiger partial charge in [-0.2, -0.15) is 0 Å². The van der Waals surface area contributed by atoms with Crippen LogP contribution < -0.4 is 5.32 Å². The highest BCUT2D eigenvalue weighted by atomic mass is 79.9. The normalized spacial score (nSPS) is 11.4. The number of anilines is 1. The molecule has 0 unspecified atom stereocenters. The maximum absolute atomic E-state index is 11.7. The van der Waals surface area contributed by atoms with Crippen LogP contribution in [0, 0.1) is 0 Å². The highest BCUT2D eigenvalue weighted by molar-refractivity contribution is 9.10. The highest BCUT2D eigenvalue weighted by Crippen LogP contribution is 2.24. The van der Waals surface area contributed by atoms with Gasteiger partial charge in [0, 0.05) is 16.7 Å². The molecule has 0 aliphatic rings. The molecule has 0 atom stereocenters. The number of nitrogens with one attached hydrogen (secondary N) is 1. The highest BCUT2D eigenvalue weighted by Gasteiger charge is 2.10. The van der Waals surface area contributed by atoms with Crippen LogP contribution in [0.2, 0.25) is 5.02 Å². The summed E-state index contributed by atoms with van der Waals surface area (Å²) in [6.07, 6.45) is 0. The van der Waals surface area contributed by atoms with Gasteiger partial charge in [-0.1, -0.05) is 24.6 Å². The standard InChI is InChI=1S/C15H15BrClNO2S/c1-2-21(19,20)13-6-4-12(5-7-13)18-10-11-3-8-15(17)14(16)9-11/h3-9,18H,2,10H2,1H3. The minimum absolute atomic E-state index is 0.110. The van der Waals surface area contributed by atoms with E-state index in [1.165, 1.54) is 0 Å². The zero-order valence-corrected chi connectivity index (χ0v) is 14.6. The third-order valence-electron chi connectivity index (χ3n) is 3.07. The Morgan fingerprint density at radius 3 is 2.38 bits per heavy atom. The first kappa shape index (κ1) is 16.3. The summed E-state index contributed by atoms with van der Waals surface area (Å²) in [5, 5.41) is 3.92. The Balaban J connectivity index is 2.05. The lowest BCUT2D eigenvalue weighted by atomic mass is 10.2. The molecule has 0 aromatic heterocycles. The van der Waals surface area contributed by atoms with Crippen LogP contribution in [0.4, 0.5) is 5.69 Å². The van der Waals surface area contributed by atoms with Gasteiger partial charge in [0.15, 0.2) is 9.84 Å². The summed E-state index contributed by atoms with van der Waals surface area (Å²) in [4.78, 5) is 0.352. The van der Waals surface area contributed by atoms with Crippen molar-refractivity contribution in [3.05, 3.63) is 57.5 Å². The topological polar surface area (TPSA) is 46.2 Å². The molecule has 0 aliphatic heterocycles. The summed E-state index contributed by atoms with van der Waals surface area (Å²) in [5.41, 5.74) is 1.95. The smallest absolute Gasteiger partial charge is 0.178 e. The van der Waals surface area contributed by atoms with E-state index in [4.69, 9.17) is 11.6 Å². The molecule has 0 radical (unpaired) electrons. The molecular formula is C15H15BrClNO2S. The van der Waals surface area contributed by atoms with Gasteiger partial charge in [-0.15, -0.1) is 0 Å². The average Bonchev–Trinajstić information content (AvgIpc) is 2.49. The second-order valence-corrected chi connectivity index (χ2v) is 8.07. The SMILES string of the molecule is CCS(=O)(=O)c1ccc(NCc2ccc(Cl)c(Br)c2)cc1. The van der Waals surface area contributed by atoms with Crippen LogP contribution in [-0.4, -0.2) is 14.2 Å². The van der Waals surface area contributed by atoms with E-state index < -0.39 is 9.84 Å². The van der Waals surface area contributed by atoms with E-state index >= 15 is 0 Å². The Kier molecular flexibility index (Phi) is 5.30. The van der Waals surface area contributed by atoms with Crippen molar-refractivity contribution in [3.63, 3.8) is 0 Å². The van der Waals surface area contributed by atoms with Crippen molar-refractivity contribution in [1.82, 2.24) is 0 Å². The van der Waals surface area contributed by atoms with Gasteiger partial charge >= 0.3 is 0 Å². The summed E-state index contributed by atoms with van der Waals surface area (Å²) in [6.45, 7) is 2.27. The molecule has 0 amide bonds. The van der Waals surface area contributed by atoms with Gasteiger partial charge in [0.25, 0.3) is 0 Å². The predicted octanol–water partition coefficient (Wildman–Crippen LogP) is 4.51. The number of hydrogen-bond acceptors (Lipinski definition) is 3. The first-order valence-corrected chi connectivity index (χ1v) is 9.25. The molecule has 2 rings (SSSR count). The van der Waals surface area contributed by atoms with Crippen LogP contribution in [0.15, 0.2) is 51.8 Å². The van der Waals surface area contributed by atoms with Gasteiger partial charge in [-0.25, -0.2) is 8.42 Å². The fourth-order valence-corrected chi connectivity index (χ4v) is 3.23. The molecule has 0 fully saturated rings. The maximum atomic E-state index is 11.7. The molecule has 21 heavy (non-hydrogen) atoms. The van der Waals surface area contributed by atoms with Gasteiger partial charge in [0.05, 0.1) is 15.7 Å². The number of benzene rings is 2. The molecule has 0 bridgehead atoms. The van der Waals surface area contributed by atoms with Crippen LogP contribution >= 0.6 is 27.5 Å². The third-order valence-corrected chi connectivity index (χ3v) is 6.04. The van der Waals surface area contributed by atoms with E-state index in [2.05, 4.69) is 21.2 Å². The number of rotatable bonds is 5. The Labute approximate surface area is 138 Å². The van der Waals surface area contributed by atoms with Gasteiger partial charge in [-0.05, 0) is 57.9 Å². The molecule has 0 spiro atoms. The van der Waals surface area contributed by atoms with Crippen molar-refractivity contribution in [1.29, 1.82) is 0 Å². The first-order chi connectivity index (χ1) is 9.92. The van der Waals surface area contributed by atoms with Crippen LogP contribution in [-0.2, 0) is 16.4 Å². The van der Waals surface area contributed by atoms with Crippen molar-refractivity contribution < 1.29 is 8.42 Å². The molecular weight excluding hydrogens is 374 g/mol. The van der Waals surface area contributed by atoms with Gasteiger partial charge < -0.3 is 5.32 Å². The molecule has 3 nitrogen and oxygen atoms in total. The fraction of sp³-hybridized carbons (Fsp3) is 0.200. The minimum Gasteiger partial charge on any atom is -0.381 e. The van der Waals surface area contributed by atoms with Crippen LogP contribution in [0.5, 0.6) is 0 Å². The zero-order valence-electron chi connectivity index (χ0n) is 11.4. The zero-order chi connectivity index (χ0) is 15.5. The Morgan fingerprint density at radius 2 is 1.81 bits per heavy atom. The lowest BCUT2D eigenvalue weighted by Crippen LogP contribution is -2.04. The van der Waals surface area contributed by atoms with E-state index in [9.17, 15) is 8.42 Å². The van der Waals surface area contributed by atoms with Crippen molar-refractivity contribution in [3.8, 4) is 0 Å². The molecule has 0 saturated heterocycles. The van der Waals surface area contributed by atoms with Crippen molar-refractivity contribution >= 4 is 43.1 Å². The summed E-state index contributed by atoms with van der Waals surface area (Å²) in [5.74, 6) is 0.110. The maximum Gasteiger partial charge on any atom is 0.178 e. The summed E-state index contributed by atoms with van der Waals surface area (Å²) in [6, 6.07) is 12.5. The fourth-order valence-electron chi connectivity index (χ4n) is 1.80. The second kappa shape index (κ2) is 6.81. The van der Waals surface area contributed by atoms with Crippen LogP contribution in [0.1, 0.15) is 12.5 Å². The average molecular weight is 389 g/mol.